The lowest BCUT2D eigenvalue weighted by molar-refractivity contribution is 0.352. The number of fused-ring (bicyclic) bond motifs is 2. The summed E-state index contributed by atoms with van der Waals surface area (Å²) in [6.45, 7) is 20.9. The van der Waals surface area contributed by atoms with Gasteiger partial charge < -0.3 is 0 Å². The van der Waals surface area contributed by atoms with E-state index < -0.39 is 0 Å². The average Bonchev–Trinajstić information content (AvgIpc) is 3.26. The van der Waals surface area contributed by atoms with Crippen molar-refractivity contribution in [3.05, 3.63) is 23.3 Å². The third kappa shape index (κ3) is 5.51. The van der Waals surface area contributed by atoms with Gasteiger partial charge in [0.1, 0.15) is 0 Å². The summed E-state index contributed by atoms with van der Waals surface area (Å²) in [6, 6.07) is 0. The lowest BCUT2D eigenvalue weighted by Crippen LogP contribution is -2.13. The summed E-state index contributed by atoms with van der Waals surface area (Å²) in [5, 5.41) is 0. The minimum atomic E-state index is 0.833. The van der Waals surface area contributed by atoms with E-state index in [0.29, 0.717) is 0 Å². The number of hydrogen-bond donors (Lipinski definition) is 0. The van der Waals surface area contributed by atoms with Gasteiger partial charge in [-0.05, 0) is 96.5 Å². The molecule has 0 aromatic carbocycles. The Bertz CT molecular complexity index is 475. The van der Waals surface area contributed by atoms with Crippen LogP contribution in [0.2, 0.25) is 0 Å². The zero-order valence-corrected chi connectivity index (χ0v) is 19.9. The Balaban J connectivity index is 0.000000167. The second-order valence-electron chi connectivity index (χ2n) is 11.1. The molecule has 0 bridgehead atoms. The smallest absolute Gasteiger partial charge is 0.0139 e. The molecule has 0 aliphatic heterocycles. The van der Waals surface area contributed by atoms with Gasteiger partial charge >= 0.3 is 0 Å². The molecule has 0 aromatic heterocycles. The van der Waals surface area contributed by atoms with Crippen LogP contribution >= 0.6 is 0 Å². The van der Waals surface area contributed by atoms with E-state index in [1.165, 1.54) is 32.1 Å². The predicted molar refractivity (Wildman–Crippen MR) is 122 cm³/mol. The molecular formula is C27H48. The molecule has 0 nitrogen and oxygen atoms in total. The first-order valence-corrected chi connectivity index (χ1v) is 12.0. The van der Waals surface area contributed by atoms with Crippen LogP contribution in [-0.4, -0.2) is 0 Å². The van der Waals surface area contributed by atoms with Crippen LogP contribution in [0.3, 0.4) is 0 Å². The van der Waals surface area contributed by atoms with E-state index >= 15 is 0 Å². The molecular weight excluding hydrogens is 324 g/mol. The zero-order valence-electron chi connectivity index (χ0n) is 19.9. The number of hydrogen-bond acceptors (Lipinski definition) is 0. The Hall–Kier alpha value is -0.520. The lowest BCUT2D eigenvalue weighted by Gasteiger charge is -2.23. The quantitative estimate of drug-likeness (QED) is 0.399. The van der Waals surface area contributed by atoms with Crippen LogP contribution in [0.5, 0.6) is 0 Å². The van der Waals surface area contributed by atoms with E-state index in [4.69, 9.17) is 0 Å². The van der Waals surface area contributed by atoms with Crippen molar-refractivity contribution in [3.8, 4) is 0 Å². The normalized spacial score (nSPS) is 42.3. The van der Waals surface area contributed by atoms with Crippen molar-refractivity contribution in [2.24, 2.45) is 53.3 Å². The van der Waals surface area contributed by atoms with Gasteiger partial charge in [-0.2, -0.15) is 0 Å². The van der Waals surface area contributed by atoms with Crippen LogP contribution in [0, 0.1) is 53.3 Å². The van der Waals surface area contributed by atoms with Gasteiger partial charge in [0.25, 0.3) is 0 Å². The van der Waals surface area contributed by atoms with Crippen LogP contribution in [0.15, 0.2) is 23.3 Å². The van der Waals surface area contributed by atoms with E-state index in [1.807, 2.05) is 0 Å². The molecule has 156 valence electrons. The predicted octanol–water partition coefficient (Wildman–Crippen LogP) is 8.54. The molecule has 3 atom stereocenters. The highest BCUT2D eigenvalue weighted by Crippen LogP contribution is 2.47. The fourth-order valence-corrected chi connectivity index (χ4v) is 5.80. The maximum atomic E-state index is 2.62. The van der Waals surface area contributed by atoms with Crippen molar-refractivity contribution >= 4 is 0 Å². The molecule has 4 rings (SSSR count). The standard InChI is InChI=1S/C13H18.C10H20.C4H10/c1-9-5-6-12-7-10-3-2-4-11(10)8-13(9)12;1-6-7(2)9(4)10(5)8(6)3;1-4(2)3/h7-9,12-13H,2-6H2,1H3;6-10H,1-5H3;4H,1-3H3. The molecule has 0 amide bonds. The number of rotatable bonds is 0. The highest BCUT2D eigenvalue weighted by Gasteiger charge is 2.38. The molecule has 0 N–H and O–H groups in total. The monoisotopic (exact) mass is 372 g/mol. The molecule has 0 aromatic rings. The minimum Gasteiger partial charge on any atom is -0.0773 e. The van der Waals surface area contributed by atoms with Gasteiger partial charge in [-0.15, -0.1) is 0 Å². The molecule has 27 heavy (non-hydrogen) atoms. The Morgan fingerprint density at radius 1 is 0.667 bits per heavy atom. The van der Waals surface area contributed by atoms with Gasteiger partial charge in [-0.25, -0.2) is 0 Å². The van der Waals surface area contributed by atoms with E-state index in [0.717, 1.165) is 53.3 Å². The first-order valence-electron chi connectivity index (χ1n) is 12.0. The first-order chi connectivity index (χ1) is 12.6. The topological polar surface area (TPSA) is 0 Å². The number of allylic oxidation sites excluding steroid dienone is 4. The van der Waals surface area contributed by atoms with E-state index in [9.17, 15) is 0 Å². The van der Waals surface area contributed by atoms with Gasteiger partial charge in [-0.1, -0.05) is 74.5 Å². The van der Waals surface area contributed by atoms with Crippen molar-refractivity contribution in [2.45, 2.75) is 94.4 Å². The summed E-state index contributed by atoms with van der Waals surface area (Å²) in [6.07, 6.45) is 12.2. The summed E-state index contributed by atoms with van der Waals surface area (Å²) in [7, 11) is 0. The first kappa shape index (κ1) is 22.8. The Kier molecular flexibility index (Phi) is 8.26. The van der Waals surface area contributed by atoms with Gasteiger partial charge in [0, 0.05) is 0 Å². The summed E-state index contributed by atoms with van der Waals surface area (Å²) in [5.41, 5.74) is 3.41. The lowest BCUT2D eigenvalue weighted by atomic mass is 9.82. The minimum absolute atomic E-state index is 0.833. The van der Waals surface area contributed by atoms with Crippen molar-refractivity contribution in [2.75, 3.05) is 0 Å². The van der Waals surface area contributed by atoms with E-state index in [-0.39, 0.29) is 0 Å². The van der Waals surface area contributed by atoms with E-state index in [1.54, 1.807) is 11.1 Å². The van der Waals surface area contributed by atoms with Crippen LogP contribution in [0.25, 0.3) is 0 Å². The van der Waals surface area contributed by atoms with Crippen LogP contribution in [0.4, 0.5) is 0 Å². The molecule has 3 fully saturated rings. The molecule has 0 spiro atoms. The Morgan fingerprint density at radius 3 is 1.52 bits per heavy atom. The van der Waals surface area contributed by atoms with Crippen LogP contribution < -0.4 is 0 Å². The molecule has 0 radical (unpaired) electrons. The Morgan fingerprint density at radius 2 is 1.07 bits per heavy atom. The van der Waals surface area contributed by atoms with Crippen molar-refractivity contribution in [3.63, 3.8) is 0 Å². The van der Waals surface area contributed by atoms with Crippen molar-refractivity contribution in [1.82, 2.24) is 0 Å². The van der Waals surface area contributed by atoms with Gasteiger partial charge in [0.2, 0.25) is 0 Å². The second-order valence-corrected chi connectivity index (χ2v) is 11.1. The highest BCUT2D eigenvalue weighted by molar-refractivity contribution is 5.39. The van der Waals surface area contributed by atoms with Gasteiger partial charge in [0.05, 0.1) is 0 Å². The van der Waals surface area contributed by atoms with Crippen molar-refractivity contribution < 1.29 is 0 Å². The fourth-order valence-electron chi connectivity index (χ4n) is 5.80. The third-order valence-corrected chi connectivity index (χ3v) is 8.37. The van der Waals surface area contributed by atoms with Crippen molar-refractivity contribution in [1.29, 1.82) is 0 Å². The second kappa shape index (κ2) is 9.80. The Labute approximate surface area is 171 Å². The molecule has 3 saturated carbocycles. The summed E-state index contributed by atoms with van der Waals surface area (Å²) >= 11 is 0. The summed E-state index contributed by atoms with van der Waals surface area (Å²) < 4.78 is 0. The molecule has 4 aliphatic rings. The summed E-state index contributed by atoms with van der Waals surface area (Å²) in [4.78, 5) is 0. The molecule has 0 saturated heterocycles. The molecule has 3 unspecified atom stereocenters. The maximum absolute atomic E-state index is 2.62. The van der Waals surface area contributed by atoms with Crippen LogP contribution in [0.1, 0.15) is 94.4 Å². The molecule has 0 heterocycles. The fraction of sp³-hybridized carbons (Fsp3) is 0.852. The highest BCUT2D eigenvalue weighted by atomic mass is 14.4. The van der Waals surface area contributed by atoms with Gasteiger partial charge in [-0.3, -0.25) is 0 Å². The molecule has 4 aliphatic carbocycles. The van der Waals surface area contributed by atoms with Gasteiger partial charge in [0.15, 0.2) is 0 Å². The summed E-state index contributed by atoms with van der Waals surface area (Å²) in [5.74, 6) is 8.26. The maximum Gasteiger partial charge on any atom is -0.0139 e. The largest absolute Gasteiger partial charge is 0.0773 e. The average molecular weight is 373 g/mol. The zero-order chi connectivity index (χ0) is 20.3. The van der Waals surface area contributed by atoms with Crippen LogP contribution in [-0.2, 0) is 0 Å². The SMILES string of the molecule is CC(C)C.CC1C(C)C(C)C(C)C1C.CC1CCC2C=C3CCCC3=CC12. The molecule has 0 heteroatoms. The van der Waals surface area contributed by atoms with E-state index in [2.05, 4.69) is 74.5 Å². The third-order valence-electron chi connectivity index (χ3n) is 8.37.